The molecule has 0 spiro atoms. The molecule has 128 valence electrons. The van der Waals surface area contributed by atoms with E-state index in [1.807, 2.05) is 49.4 Å². The Morgan fingerprint density at radius 2 is 1.79 bits per heavy atom. The Kier molecular flexibility index (Phi) is 6.82. The van der Waals surface area contributed by atoms with Crippen molar-refractivity contribution < 1.29 is 14.3 Å². The van der Waals surface area contributed by atoms with Gasteiger partial charge in [0.15, 0.2) is 11.5 Å². The van der Waals surface area contributed by atoms with Crippen molar-refractivity contribution in [3.63, 3.8) is 0 Å². The van der Waals surface area contributed by atoms with Gasteiger partial charge in [0.1, 0.15) is 0 Å². The van der Waals surface area contributed by atoms with Crippen LogP contribution in [0.25, 0.3) is 0 Å². The molecule has 0 aliphatic carbocycles. The third-order valence-corrected chi connectivity index (χ3v) is 4.73. The number of carbonyl (C=O) groups is 1. The van der Waals surface area contributed by atoms with Crippen LogP contribution in [0.4, 0.5) is 0 Å². The Balaban J connectivity index is 1.92. The second-order valence-corrected chi connectivity index (χ2v) is 6.63. The molecule has 0 aromatic heterocycles. The molecule has 1 atom stereocenters. The van der Waals surface area contributed by atoms with E-state index in [-0.39, 0.29) is 11.9 Å². The number of halogens is 1. The van der Waals surface area contributed by atoms with E-state index in [9.17, 15) is 4.79 Å². The lowest BCUT2D eigenvalue weighted by Gasteiger charge is -2.16. The van der Waals surface area contributed by atoms with Gasteiger partial charge in [-0.2, -0.15) is 0 Å². The van der Waals surface area contributed by atoms with Crippen molar-refractivity contribution in [1.82, 2.24) is 5.32 Å². The second kappa shape index (κ2) is 8.85. The van der Waals surface area contributed by atoms with Crippen molar-refractivity contribution >= 4 is 29.3 Å². The van der Waals surface area contributed by atoms with Crippen LogP contribution in [0, 0.1) is 0 Å². The summed E-state index contributed by atoms with van der Waals surface area (Å²) in [6, 6.07) is 12.9. The van der Waals surface area contributed by atoms with Crippen molar-refractivity contribution in [2.75, 3.05) is 20.0 Å². The highest BCUT2D eigenvalue weighted by molar-refractivity contribution is 8.00. The Morgan fingerprint density at radius 3 is 2.42 bits per heavy atom. The minimum Gasteiger partial charge on any atom is -0.493 e. The van der Waals surface area contributed by atoms with Crippen LogP contribution in [-0.4, -0.2) is 25.9 Å². The lowest BCUT2D eigenvalue weighted by Crippen LogP contribution is -2.28. The van der Waals surface area contributed by atoms with Crippen LogP contribution in [-0.2, 0) is 4.79 Å². The Bertz CT molecular complexity index is 691. The van der Waals surface area contributed by atoms with E-state index in [1.165, 1.54) is 11.8 Å². The van der Waals surface area contributed by atoms with E-state index >= 15 is 0 Å². The third kappa shape index (κ3) is 5.08. The number of nitrogens with one attached hydrogen (secondary N) is 1. The van der Waals surface area contributed by atoms with Gasteiger partial charge >= 0.3 is 0 Å². The van der Waals surface area contributed by atoms with Crippen LogP contribution in [0.3, 0.4) is 0 Å². The first kappa shape index (κ1) is 18.5. The Morgan fingerprint density at radius 1 is 1.12 bits per heavy atom. The molecule has 0 radical (unpaired) electrons. The number of hydrogen-bond acceptors (Lipinski definition) is 4. The molecule has 4 nitrogen and oxygen atoms in total. The highest BCUT2D eigenvalue weighted by Gasteiger charge is 2.13. The second-order valence-electron chi connectivity index (χ2n) is 5.15. The fraction of sp³-hybridized carbons (Fsp3) is 0.278. The van der Waals surface area contributed by atoms with Crippen LogP contribution in [0.2, 0.25) is 5.02 Å². The predicted octanol–water partition coefficient (Wildman–Crippen LogP) is 4.33. The monoisotopic (exact) mass is 365 g/mol. The van der Waals surface area contributed by atoms with Crippen molar-refractivity contribution in [2.45, 2.75) is 17.9 Å². The number of thioether (sulfide) groups is 1. The molecule has 2 aromatic rings. The molecular formula is C18H20ClNO3S. The summed E-state index contributed by atoms with van der Waals surface area (Å²) >= 11 is 7.32. The average molecular weight is 366 g/mol. The van der Waals surface area contributed by atoms with Gasteiger partial charge in [-0.3, -0.25) is 4.79 Å². The molecule has 2 aromatic carbocycles. The normalized spacial score (nSPS) is 11.7. The minimum absolute atomic E-state index is 0.0303. The summed E-state index contributed by atoms with van der Waals surface area (Å²) in [4.78, 5) is 13.1. The molecule has 1 N–H and O–H groups in total. The first-order valence-electron chi connectivity index (χ1n) is 7.43. The van der Waals surface area contributed by atoms with Crippen LogP contribution in [0.15, 0.2) is 47.4 Å². The maximum Gasteiger partial charge on any atom is 0.230 e. The topological polar surface area (TPSA) is 47.6 Å². The molecule has 2 rings (SSSR count). The highest BCUT2D eigenvalue weighted by atomic mass is 35.5. The summed E-state index contributed by atoms with van der Waals surface area (Å²) in [6.07, 6.45) is 0. The summed E-state index contributed by atoms with van der Waals surface area (Å²) in [5.41, 5.74) is 0.956. The molecule has 0 heterocycles. The first-order valence-corrected chi connectivity index (χ1v) is 8.79. The molecule has 1 amide bonds. The average Bonchev–Trinajstić information content (AvgIpc) is 2.60. The van der Waals surface area contributed by atoms with Crippen LogP contribution in [0.1, 0.15) is 18.5 Å². The van der Waals surface area contributed by atoms with Gasteiger partial charge < -0.3 is 14.8 Å². The number of benzene rings is 2. The number of rotatable bonds is 7. The van der Waals surface area contributed by atoms with E-state index in [0.717, 1.165) is 10.5 Å². The van der Waals surface area contributed by atoms with Gasteiger partial charge in [0.2, 0.25) is 5.91 Å². The van der Waals surface area contributed by atoms with Gasteiger partial charge in [-0.15, -0.1) is 11.8 Å². The van der Waals surface area contributed by atoms with E-state index in [1.54, 1.807) is 14.2 Å². The summed E-state index contributed by atoms with van der Waals surface area (Å²) in [5, 5.41) is 3.67. The van der Waals surface area contributed by atoms with Gasteiger partial charge in [-0.1, -0.05) is 17.7 Å². The molecule has 0 fully saturated rings. The van der Waals surface area contributed by atoms with Gasteiger partial charge in [0.05, 0.1) is 26.0 Å². The van der Waals surface area contributed by atoms with Crippen LogP contribution >= 0.6 is 23.4 Å². The minimum atomic E-state index is -0.122. The van der Waals surface area contributed by atoms with E-state index in [2.05, 4.69) is 5.32 Å². The van der Waals surface area contributed by atoms with Gasteiger partial charge in [0.25, 0.3) is 0 Å². The molecule has 0 aliphatic rings. The van der Waals surface area contributed by atoms with Crippen LogP contribution < -0.4 is 14.8 Å². The maximum absolute atomic E-state index is 12.1. The SMILES string of the molecule is COc1ccc(C(C)NC(=O)CSc2ccc(Cl)cc2)cc1OC. The number of hydrogen-bond donors (Lipinski definition) is 1. The zero-order valence-corrected chi connectivity index (χ0v) is 15.4. The number of carbonyl (C=O) groups excluding carboxylic acids is 1. The molecule has 24 heavy (non-hydrogen) atoms. The van der Waals surface area contributed by atoms with Crippen molar-refractivity contribution in [1.29, 1.82) is 0 Å². The largest absolute Gasteiger partial charge is 0.493 e. The fourth-order valence-corrected chi connectivity index (χ4v) is 3.00. The summed E-state index contributed by atoms with van der Waals surface area (Å²) in [5.74, 6) is 1.63. The summed E-state index contributed by atoms with van der Waals surface area (Å²) < 4.78 is 10.5. The van der Waals surface area contributed by atoms with E-state index in [4.69, 9.17) is 21.1 Å². The quantitative estimate of drug-likeness (QED) is 0.742. The number of ether oxygens (including phenoxy) is 2. The van der Waals surface area contributed by atoms with Crippen molar-refractivity contribution in [2.24, 2.45) is 0 Å². The lowest BCUT2D eigenvalue weighted by molar-refractivity contribution is -0.119. The molecule has 6 heteroatoms. The van der Waals surface area contributed by atoms with Crippen molar-refractivity contribution in [3.05, 3.63) is 53.1 Å². The molecule has 1 unspecified atom stereocenters. The standard InChI is InChI=1S/C18H20ClNO3S/c1-12(13-4-9-16(22-2)17(10-13)23-3)20-18(21)11-24-15-7-5-14(19)6-8-15/h4-10,12H,11H2,1-3H3,(H,20,21). The Hall–Kier alpha value is -1.85. The molecule has 0 saturated heterocycles. The van der Waals surface area contributed by atoms with Crippen molar-refractivity contribution in [3.8, 4) is 11.5 Å². The third-order valence-electron chi connectivity index (χ3n) is 3.47. The smallest absolute Gasteiger partial charge is 0.230 e. The lowest BCUT2D eigenvalue weighted by atomic mass is 10.1. The zero-order chi connectivity index (χ0) is 17.5. The van der Waals surface area contributed by atoms with E-state index < -0.39 is 0 Å². The van der Waals surface area contributed by atoms with Gasteiger partial charge in [-0.25, -0.2) is 0 Å². The molecule has 0 bridgehead atoms. The number of methoxy groups -OCH3 is 2. The van der Waals surface area contributed by atoms with E-state index in [0.29, 0.717) is 22.3 Å². The number of amides is 1. The fourth-order valence-electron chi connectivity index (χ4n) is 2.17. The molecular weight excluding hydrogens is 346 g/mol. The predicted molar refractivity (Wildman–Crippen MR) is 98.3 cm³/mol. The van der Waals surface area contributed by atoms with Crippen LogP contribution in [0.5, 0.6) is 11.5 Å². The maximum atomic E-state index is 12.1. The Labute approximate surface area is 151 Å². The first-order chi connectivity index (χ1) is 11.5. The molecule has 0 aliphatic heterocycles. The summed E-state index contributed by atoms with van der Waals surface area (Å²) in [6.45, 7) is 1.94. The highest BCUT2D eigenvalue weighted by Crippen LogP contribution is 2.30. The zero-order valence-electron chi connectivity index (χ0n) is 13.8. The molecule has 0 saturated carbocycles. The summed E-state index contributed by atoms with van der Waals surface area (Å²) in [7, 11) is 3.18. The van der Waals surface area contributed by atoms with Gasteiger partial charge in [0, 0.05) is 9.92 Å². The van der Waals surface area contributed by atoms with Gasteiger partial charge in [-0.05, 0) is 48.9 Å².